The van der Waals surface area contributed by atoms with E-state index in [1.165, 1.54) is 36.4 Å². The molecule has 7 heteroatoms. The summed E-state index contributed by atoms with van der Waals surface area (Å²) in [6, 6.07) is 11.6. The molecule has 3 N–H and O–H groups in total. The first-order valence-corrected chi connectivity index (χ1v) is 9.29. The maximum Gasteiger partial charge on any atom is 0.312 e. The fraction of sp³-hybridized carbons (Fsp3) is 0.278. The maximum atomic E-state index is 13.6. The molecule has 1 aliphatic carbocycles. The summed E-state index contributed by atoms with van der Waals surface area (Å²) in [6.45, 7) is 1.48. The average Bonchev–Trinajstić information content (AvgIpc) is 3.27. The second kappa shape index (κ2) is 5.93. The van der Waals surface area contributed by atoms with E-state index in [-0.39, 0.29) is 11.4 Å². The van der Waals surface area contributed by atoms with Crippen LogP contribution in [0.2, 0.25) is 0 Å². The SMILES string of the molecule is Cc1ccc(S(=O)(=O)[C@H]2[C@@H](c3cccc(F)c3)[C@@]2(CN)C(=O)O)cc1. The zero-order chi connectivity index (χ0) is 18.4. The number of sulfone groups is 1. The van der Waals surface area contributed by atoms with Gasteiger partial charge < -0.3 is 10.8 Å². The van der Waals surface area contributed by atoms with Gasteiger partial charge in [-0.25, -0.2) is 12.8 Å². The van der Waals surface area contributed by atoms with Gasteiger partial charge in [0.1, 0.15) is 11.2 Å². The van der Waals surface area contributed by atoms with Crippen LogP contribution in [-0.2, 0) is 14.6 Å². The van der Waals surface area contributed by atoms with E-state index >= 15 is 0 Å². The molecule has 1 saturated carbocycles. The number of hydrogen-bond acceptors (Lipinski definition) is 4. The Morgan fingerprint density at radius 2 is 1.88 bits per heavy atom. The lowest BCUT2D eigenvalue weighted by atomic mass is 9.99. The minimum Gasteiger partial charge on any atom is -0.481 e. The Bertz CT molecular complexity index is 926. The van der Waals surface area contributed by atoms with Crippen LogP contribution in [0.5, 0.6) is 0 Å². The molecule has 0 aromatic heterocycles. The minimum absolute atomic E-state index is 0.0427. The first kappa shape index (κ1) is 17.6. The Kier molecular flexibility index (Phi) is 4.17. The molecule has 3 atom stereocenters. The molecule has 2 aromatic carbocycles. The number of aliphatic carboxylic acids is 1. The highest BCUT2D eigenvalue weighted by atomic mass is 32.2. The van der Waals surface area contributed by atoms with Gasteiger partial charge in [-0.05, 0) is 36.8 Å². The van der Waals surface area contributed by atoms with Crippen LogP contribution < -0.4 is 5.73 Å². The highest BCUT2D eigenvalue weighted by Crippen LogP contribution is 2.63. The second-order valence-electron chi connectivity index (χ2n) is 6.36. The minimum atomic E-state index is -3.94. The van der Waals surface area contributed by atoms with Crippen molar-refractivity contribution in [3.05, 3.63) is 65.5 Å². The lowest BCUT2D eigenvalue weighted by Gasteiger charge is -2.10. The third-order valence-electron chi connectivity index (χ3n) is 4.88. The van der Waals surface area contributed by atoms with Gasteiger partial charge >= 0.3 is 5.97 Å². The van der Waals surface area contributed by atoms with Gasteiger partial charge in [-0.2, -0.15) is 0 Å². The van der Waals surface area contributed by atoms with E-state index < -0.39 is 38.2 Å². The predicted molar refractivity (Wildman–Crippen MR) is 90.4 cm³/mol. The number of aryl methyl sites for hydroxylation is 1. The van der Waals surface area contributed by atoms with Crippen molar-refractivity contribution >= 4 is 15.8 Å². The Hall–Kier alpha value is -2.25. The number of carboxylic acid groups (broad SMARTS) is 1. The Labute approximate surface area is 145 Å². The number of hydrogen-bond donors (Lipinski definition) is 2. The first-order valence-electron chi connectivity index (χ1n) is 7.74. The zero-order valence-electron chi connectivity index (χ0n) is 13.5. The fourth-order valence-corrected chi connectivity index (χ4v) is 5.88. The number of rotatable bonds is 5. The van der Waals surface area contributed by atoms with Crippen molar-refractivity contribution < 1.29 is 22.7 Å². The predicted octanol–water partition coefficient (Wildman–Crippen LogP) is 2.10. The zero-order valence-corrected chi connectivity index (χ0v) is 14.3. The van der Waals surface area contributed by atoms with E-state index in [0.29, 0.717) is 5.56 Å². The van der Waals surface area contributed by atoms with Gasteiger partial charge in [0, 0.05) is 12.5 Å². The van der Waals surface area contributed by atoms with Crippen LogP contribution in [0.4, 0.5) is 4.39 Å². The molecule has 25 heavy (non-hydrogen) atoms. The lowest BCUT2D eigenvalue weighted by Crippen LogP contribution is -2.31. The van der Waals surface area contributed by atoms with Crippen molar-refractivity contribution in [3.63, 3.8) is 0 Å². The van der Waals surface area contributed by atoms with Crippen molar-refractivity contribution in [2.24, 2.45) is 11.1 Å². The molecule has 3 rings (SSSR count). The molecule has 0 unspecified atom stereocenters. The van der Waals surface area contributed by atoms with Crippen LogP contribution in [0.3, 0.4) is 0 Å². The van der Waals surface area contributed by atoms with Crippen molar-refractivity contribution in [1.82, 2.24) is 0 Å². The molecule has 0 amide bonds. The molecule has 2 aromatic rings. The molecule has 0 saturated heterocycles. The molecule has 0 spiro atoms. The fourth-order valence-electron chi connectivity index (χ4n) is 3.49. The van der Waals surface area contributed by atoms with E-state index in [9.17, 15) is 22.7 Å². The number of halogens is 1. The highest BCUT2D eigenvalue weighted by Gasteiger charge is 2.75. The van der Waals surface area contributed by atoms with Crippen molar-refractivity contribution in [3.8, 4) is 0 Å². The molecular weight excluding hydrogens is 345 g/mol. The van der Waals surface area contributed by atoms with Crippen molar-refractivity contribution in [2.75, 3.05) is 6.54 Å². The quantitative estimate of drug-likeness (QED) is 0.848. The molecule has 1 fully saturated rings. The van der Waals surface area contributed by atoms with Crippen LogP contribution in [-0.4, -0.2) is 31.3 Å². The largest absolute Gasteiger partial charge is 0.481 e. The first-order chi connectivity index (χ1) is 11.7. The summed E-state index contributed by atoms with van der Waals surface area (Å²) in [4.78, 5) is 11.9. The van der Waals surface area contributed by atoms with Gasteiger partial charge in [0.2, 0.25) is 0 Å². The number of carboxylic acids is 1. The molecule has 0 bridgehead atoms. The molecule has 0 aliphatic heterocycles. The van der Waals surface area contributed by atoms with Crippen LogP contribution in [0.15, 0.2) is 53.4 Å². The number of benzene rings is 2. The van der Waals surface area contributed by atoms with E-state index in [4.69, 9.17) is 5.73 Å². The summed E-state index contributed by atoms with van der Waals surface area (Å²) in [6.07, 6.45) is 0. The molecular formula is C18H18FNO4S. The Morgan fingerprint density at radius 3 is 2.40 bits per heavy atom. The summed E-state index contributed by atoms with van der Waals surface area (Å²) in [5, 5.41) is 8.46. The number of nitrogens with two attached hydrogens (primary N) is 1. The van der Waals surface area contributed by atoms with Gasteiger partial charge in [0.25, 0.3) is 0 Å². The summed E-state index contributed by atoms with van der Waals surface area (Å²) < 4.78 is 39.7. The molecule has 0 radical (unpaired) electrons. The third-order valence-corrected chi connectivity index (χ3v) is 7.17. The van der Waals surface area contributed by atoms with Gasteiger partial charge in [-0.1, -0.05) is 29.8 Å². The van der Waals surface area contributed by atoms with Crippen LogP contribution >= 0.6 is 0 Å². The summed E-state index contributed by atoms with van der Waals surface area (Å²) in [7, 11) is -3.94. The third kappa shape index (κ3) is 2.63. The van der Waals surface area contributed by atoms with Crippen molar-refractivity contribution in [1.29, 1.82) is 0 Å². The van der Waals surface area contributed by atoms with Gasteiger partial charge in [0.15, 0.2) is 9.84 Å². The number of carbonyl (C=O) groups is 1. The van der Waals surface area contributed by atoms with Crippen LogP contribution in [0.1, 0.15) is 17.0 Å². The molecule has 132 valence electrons. The second-order valence-corrected chi connectivity index (χ2v) is 8.43. The molecule has 5 nitrogen and oxygen atoms in total. The summed E-state index contributed by atoms with van der Waals surface area (Å²) in [5.41, 5.74) is 5.25. The smallest absolute Gasteiger partial charge is 0.312 e. The highest BCUT2D eigenvalue weighted by molar-refractivity contribution is 7.92. The molecule has 1 aliphatic rings. The van der Waals surface area contributed by atoms with E-state index in [1.807, 2.05) is 6.92 Å². The van der Waals surface area contributed by atoms with E-state index in [1.54, 1.807) is 12.1 Å². The lowest BCUT2D eigenvalue weighted by molar-refractivity contribution is -0.143. The van der Waals surface area contributed by atoms with E-state index in [0.717, 1.165) is 5.56 Å². The van der Waals surface area contributed by atoms with Crippen LogP contribution in [0.25, 0.3) is 0 Å². The summed E-state index contributed by atoms with van der Waals surface area (Å²) >= 11 is 0. The Morgan fingerprint density at radius 1 is 1.24 bits per heavy atom. The Balaban J connectivity index is 2.12. The monoisotopic (exact) mass is 363 g/mol. The van der Waals surface area contributed by atoms with Crippen molar-refractivity contribution in [2.45, 2.75) is 23.0 Å². The topological polar surface area (TPSA) is 97.5 Å². The summed E-state index contributed by atoms with van der Waals surface area (Å²) in [5.74, 6) is -2.73. The van der Waals surface area contributed by atoms with Gasteiger partial charge in [0.05, 0.1) is 10.1 Å². The standard InChI is InChI=1S/C18H18FNO4S/c1-11-5-7-14(8-6-11)25(23,24)16-15(18(16,10-20)17(21)22)12-3-2-4-13(19)9-12/h2-9,15-16H,10,20H2,1H3,(H,21,22)/t15-,16+,18-/m1/s1. The van der Waals surface area contributed by atoms with Crippen LogP contribution in [0, 0.1) is 18.2 Å². The van der Waals surface area contributed by atoms with Gasteiger partial charge in [-0.3, -0.25) is 4.79 Å². The normalized spacial score (nSPS) is 25.6. The average molecular weight is 363 g/mol. The van der Waals surface area contributed by atoms with Gasteiger partial charge in [-0.15, -0.1) is 0 Å². The van der Waals surface area contributed by atoms with E-state index in [2.05, 4.69) is 0 Å². The molecule has 0 heterocycles. The maximum absolute atomic E-state index is 13.6.